The van der Waals surface area contributed by atoms with Crippen molar-refractivity contribution in [2.75, 3.05) is 5.32 Å². The van der Waals surface area contributed by atoms with Crippen LogP contribution in [-0.4, -0.2) is 15.5 Å². The first-order valence-electron chi connectivity index (χ1n) is 7.13. The van der Waals surface area contributed by atoms with Gasteiger partial charge in [-0.2, -0.15) is 0 Å². The zero-order valence-electron chi connectivity index (χ0n) is 12.6. The molecule has 0 fully saturated rings. The fourth-order valence-corrected chi connectivity index (χ4v) is 2.75. The molecule has 1 heterocycles. The van der Waals surface area contributed by atoms with E-state index < -0.39 is 17.2 Å². The molecule has 25 heavy (non-hydrogen) atoms. The average Bonchev–Trinajstić information content (AvgIpc) is 2.56. The fourth-order valence-electron chi connectivity index (χ4n) is 2.22. The summed E-state index contributed by atoms with van der Waals surface area (Å²) in [4.78, 5) is 39.5. The van der Waals surface area contributed by atoms with Gasteiger partial charge in [-0.15, -0.1) is 0 Å². The second-order valence-corrected chi connectivity index (χ2v) is 6.44. The van der Waals surface area contributed by atoms with Crippen LogP contribution in [0.3, 0.4) is 0 Å². The van der Waals surface area contributed by atoms with Crippen LogP contribution in [0.1, 0.15) is 10.4 Å². The predicted octanol–water partition coefficient (Wildman–Crippen LogP) is 3.19. The molecular weight excluding hydrogens is 410 g/mol. The number of nitrogens with zero attached hydrogens (tertiary/aromatic N) is 1. The van der Waals surface area contributed by atoms with Crippen LogP contribution < -0.4 is 16.6 Å². The van der Waals surface area contributed by atoms with Gasteiger partial charge in [-0.3, -0.25) is 9.59 Å². The molecule has 0 atom stereocenters. The van der Waals surface area contributed by atoms with Crippen molar-refractivity contribution >= 4 is 39.1 Å². The Morgan fingerprint density at radius 3 is 2.52 bits per heavy atom. The molecule has 1 aromatic heterocycles. The Morgan fingerprint density at radius 1 is 1.12 bits per heavy atom. The van der Waals surface area contributed by atoms with Gasteiger partial charge >= 0.3 is 5.69 Å². The molecule has 2 N–H and O–H groups in total. The molecule has 3 rings (SSSR count). The number of halogens is 2. The minimum Gasteiger partial charge on any atom is -0.322 e. The topological polar surface area (TPSA) is 84.0 Å². The first-order chi connectivity index (χ1) is 12.0. The number of hydrogen-bond donors (Lipinski definition) is 2. The lowest BCUT2D eigenvalue weighted by molar-refractivity contribution is 0.102. The Morgan fingerprint density at radius 2 is 1.84 bits per heavy atom. The molecule has 0 aliphatic heterocycles. The van der Waals surface area contributed by atoms with E-state index in [0.29, 0.717) is 16.4 Å². The van der Waals surface area contributed by atoms with E-state index in [1.165, 1.54) is 12.1 Å². The van der Waals surface area contributed by atoms with E-state index in [4.69, 9.17) is 11.6 Å². The first-order valence-corrected chi connectivity index (χ1v) is 8.30. The quantitative estimate of drug-likeness (QED) is 0.682. The number of amides is 1. The molecule has 0 aliphatic carbocycles. The minimum absolute atomic E-state index is 0.186. The summed E-state index contributed by atoms with van der Waals surface area (Å²) in [7, 11) is 0. The number of benzene rings is 2. The lowest BCUT2D eigenvalue weighted by Gasteiger charge is -2.08. The lowest BCUT2D eigenvalue weighted by Crippen LogP contribution is -2.38. The van der Waals surface area contributed by atoms with Crippen LogP contribution in [-0.2, 0) is 0 Å². The number of carbonyl (C=O) groups is 1. The Labute approximate surface area is 155 Å². The molecule has 0 radical (unpaired) electrons. The second kappa shape index (κ2) is 7.08. The van der Waals surface area contributed by atoms with Crippen molar-refractivity contribution in [2.24, 2.45) is 0 Å². The van der Waals surface area contributed by atoms with Crippen molar-refractivity contribution in [3.8, 4) is 5.69 Å². The molecule has 0 spiro atoms. The van der Waals surface area contributed by atoms with Gasteiger partial charge in [-0.25, -0.2) is 9.36 Å². The highest BCUT2D eigenvalue weighted by Crippen LogP contribution is 2.16. The van der Waals surface area contributed by atoms with Gasteiger partial charge in [0.25, 0.3) is 11.5 Å². The Hall–Kier alpha value is -2.64. The number of carbonyl (C=O) groups excluding carboxylic acids is 1. The number of aromatic nitrogens is 2. The molecule has 126 valence electrons. The van der Waals surface area contributed by atoms with E-state index in [-0.39, 0.29) is 5.56 Å². The van der Waals surface area contributed by atoms with Gasteiger partial charge in [0.1, 0.15) is 5.56 Å². The van der Waals surface area contributed by atoms with Crippen molar-refractivity contribution in [3.63, 3.8) is 0 Å². The summed E-state index contributed by atoms with van der Waals surface area (Å²) in [5.41, 5.74) is -0.727. The summed E-state index contributed by atoms with van der Waals surface area (Å²) in [6.45, 7) is 0. The average molecular weight is 421 g/mol. The van der Waals surface area contributed by atoms with Gasteiger partial charge in [0.15, 0.2) is 0 Å². The summed E-state index contributed by atoms with van der Waals surface area (Å²) in [6, 6.07) is 13.1. The van der Waals surface area contributed by atoms with Crippen molar-refractivity contribution in [1.29, 1.82) is 0 Å². The predicted molar refractivity (Wildman–Crippen MR) is 99.8 cm³/mol. The van der Waals surface area contributed by atoms with Crippen molar-refractivity contribution < 1.29 is 4.79 Å². The highest BCUT2D eigenvalue weighted by Gasteiger charge is 2.16. The Balaban J connectivity index is 2.02. The summed E-state index contributed by atoms with van der Waals surface area (Å²) in [5, 5.41) is 3.09. The smallest absolute Gasteiger partial charge is 0.322 e. The Bertz CT molecular complexity index is 1060. The largest absolute Gasteiger partial charge is 0.333 e. The normalized spacial score (nSPS) is 10.5. The molecular formula is C17H11BrClN3O3. The number of hydrogen-bond acceptors (Lipinski definition) is 3. The van der Waals surface area contributed by atoms with E-state index in [2.05, 4.69) is 26.2 Å². The molecule has 0 aliphatic rings. The third-order valence-corrected chi connectivity index (χ3v) is 4.13. The second-order valence-electron chi connectivity index (χ2n) is 5.09. The summed E-state index contributed by atoms with van der Waals surface area (Å²) in [6.07, 6.45) is 1.10. The van der Waals surface area contributed by atoms with Crippen molar-refractivity contribution in [1.82, 2.24) is 9.55 Å². The standard InChI is InChI=1S/C17H11BrClN3O3/c18-10-2-1-3-12(8-10)21-15(23)14-9-20-17(25)22(16(14)24)13-6-4-11(19)5-7-13/h1-9H,(H,20,25)(H,21,23). The van der Waals surface area contributed by atoms with Crippen LogP contribution >= 0.6 is 27.5 Å². The molecule has 1 amide bonds. The fraction of sp³-hybridized carbons (Fsp3) is 0. The molecule has 2 aromatic carbocycles. The van der Waals surface area contributed by atoms with Gasteiger partial charge in [0.05, 0.1) is 5.69 Å². The third-order valence-electron chi connectivity index (χ3n) is 3.39. The molecule has 0 bridgehead atoms. The van der Waals surface area contributed by atoms with E-state index in [1.54, 1.807) is 30.3 Å². The van der Waals surface area contributed by atoms with Crippen LogP contribution in [0.25, 0.3) is 5.69 Å². The number of rotatable bonds is 3. The number of H-pyrrole nitrogens is 1. The molecule has 6 nitrogen and oxygen atoms in total. The zero-order valence-corrected chi connectivity index (χ0v) is 15.0. The number of aromatic amines is 1. The third kappa shape index (κ3) is 3.72. The highest BCUT2D eigenvalue weighted by molar-refractivity contribution is 9.10. The maximum Gasteiger partial charge on any atom is 0.333 e. The minimum atomic E-state index is -0.724. The van der Waals surface area contributed by atoms with Crippen LogP contribution in [0, 0.1) is 0 Å². The maximum atomic E-state index is 12.6. The van der Waals surface area contributed by atoms with Gasteiger partial charge in [-0.05, 0) is 42.5 Å². The number of nitrogens with one attached hydrogen (secondary N) is 2. The summed E-state index contributed by atoms with van der Waals surface area (Å²) >= 11 is 9.13. The molecule has 3 aromatic rings. The van der Waals surface area contributed by atoms with Gasteiger partial charge in [-0.1, -0.05) is 33.6 Å². The van der Waals surface area contributed by atoms with E-state index in [0.717, 1.165) is 15.2 Å². The summed E-state index contributed by atoms with van der Waals surface area (Å²) < 4.78 is 1.66. The Kier molecular flexibility index (Phi) is 4.87. The van der Waals surface area contributed by atoms with Gasteiger partial charge < -0.3 is 10.3 Å². The highest BCUT2D eigenvalue weighted by atomic mass is 79.9. The molecule has 8 heteroatoms. The molecule has 0 saturated carbocycles. The van der Waals surface area contributed by atoms with Crippen LogP contribution in [0.4, 0.5) is 5.69 Å². The molecule has 0 unspecified atom stereocenters. The summed E-state index contributed by atoms with van der Waals surface area (Å²) in [5.74, 6) is -0.623. The van der Waals surface area contributed by atoms with E-state index in [9.17, 15) is 14.4 Å². The van der Waals surface area contributed by atoms with Gasteiger partial charge in [0.2, 0.25) is 0 Å². The van der Waals surface area contributed by atoms with E-state index >= 15 is 0 Å². The van der Waals surface area contributed by atoms with Crippen LogP contribution in [0.2, 0.25) is 5.02 Å². The van der Waals surface area contributed by atoms with Crippen molar-refractivity contribution in [2.45, 2.75) is 0 Å². The van der Waals surface area contributed by atoms with E-state index in [1.807, 2.05) is 6.07 Å². The maximum absolute atomic E-state index is 12.6. The van der Waals surface area contributed by atoms with Gasteiger partial charge in [0, 0.05) is 21.4 Å². The monoisotopic (exact) mass is 419 g/mol. The molecule has 0 saturated heterocycles. The van der Waals surface area contributed by atoms with Crippen molar-refractivity contribution in [3.05, 3.63) is 90.6 Å². The zero-order chi connectivity index (χ0) is 18.0. The lowest BCUT2D eigenvalue weighted by atomic mass is 10.2. The van der Waals surface area contributed by atoms with Crippen LogP contribution in [0.15, 0.2) is 68.8 Å². The SMILES string of the molecule is O=C(Nc1cccc(Br)c1)c1c[nH]c(=O)n(-c2ccc(Cl)cc2)c1=O. The first kappa shape index (κ1) is 17.2. The van der Waals surface area contributed by atoms with Crippen LogP contribution in [0.5, 0.6) is 0 Å². The number of anilines is 1.